The van der Waals surface area contributed by atoms with Crippen molar-refractivity contribution >= 4 is 35.1 Å². The quantitative estimate of drug-likeness (QED) is 0.252. The van der Waals surface area contributed by atoms with Gasteiger partial charge in [0.2, 0.25) is 24.5 Å². The predicted molar refractivity (Wildman–Crippen MR) is 161 cm³/mol. The van der Waals surface area contributed by atoms with Gasteiger partial charge in [0.1, 0.15) is 5.92 Å². The second-order valence-electron chi connectivity index (χ2n) is 10.3. The lowest BCUT2D eigenvalue weighted by atomic mass is 9.87. The van der Waals surface area contributed by atoms with Crippen molar-refractivity contribution in [3.63, 3.8) is 0 Å². The summed E-state index contributed by atoms with van der Waals surface area (Å²) in [6, 6.07) is 19.3. The lowest BCUT2D eigenvalue weighted by Gasteiger charge is -2.28. The molecule has 0 bridgehead atoms. The molecule has 2 amide bonds. The van der Waals surface area contributed by atoms with Gasteiger partial charge in [-0.2, -0.15) is 0 Å². The van der Waals surface area contributed by atoms with Crippen LogP contribution in [0.1, 0.15) is 32.6 Å². The van der Waals surface area contributed by atoms with Gasteiger partial charge in [0.15, 0.2) is 0 Å². The van der Waals surface area contributed by atoms with E-state index in [2.05, 4.69) is 0 Å². The van der Waals surface area contributed by atoms with E-state index >= 15 is 0 Å². The third kappa shape index (κ3) is 6.67. The normalized spacial score (nSPS) is 11.4. The number of hydrogen-bond donors (Lipinski definition) is 2. The van der Waals surface area contributed by atoms with Crippen molar-refractivity contribution < 1.29 is 29.2 Å². The molecule has 41 heavy (non-hydrogen) atoms. The number of rotatable bonds is 12. The van der Waals surface area contributed by atoms with E-state index in [-0.39, 0.29) is 32.7 Å². The summed E-state index contributed by atoms with van der Waals surface area (Å²) in [5.41, 5.74) is 2.48. The number of nitrogens with zero attached hydrogens (tertiary/aromatic N) is 2. The van der Waals surface area contributed by atoms with Gasteiger partial charge in [-0.05, 0) is 49.4 Å². The zero-order chi connectivity index (χ0) is 30.3. The van der Waals surface area contributed by atoms with Crippen LogP contribution in [0.2, 0.25) is 0 Å². The molecule has 0 spiro atoms. The Bertz CT molecular complexity index is 1370. The van der Waals surface area contributed by atoms with E-state index < -0.39 is 30.4 Å². The van der Waals surface area contributed by atoms with Crippen LogP contribution < -0.4 is 10.6 Å². The minimum Gasteiger partial charge on any atom is -0.395 e. The second kappa shape index (κ2) is 13.9. The maximum absolute atomic E-state index is 14.9. The van der Waals surface area contributed by atoms with Crippen molar-refractivity contribution in [1.82, 2.24) is 9.80 Å². The molecule has 218 valence electrons. The first kappa shape index (κ1) is 31.9. The average molecular weight is 579 g/mol. The van der Waals surface area contributed by atoms with Gasteiger partial charge in [-0.25, -0.2) is 0 Å². The van der Waals surface area contributed by atoms with Crippen molar-refractivity contribution in [1.29, 1.82) is 0 Å². The van der Waals surface area contributed by atoms with Crippen molar-refractivity contribution in [2.45, 2.75) is 27.2 Å². The minimum absolute atomic E-state index is 0.00239. The van der Waals surface area contributed by atoms with Crippen LogP contribution in [0.3, 0.4) is 0 Å². The van der Waals surface area contributed by atoms with Crippen LogP contribution in [0.4, 0.5) is 0 Å². The third-order valence-electron chi connectivity index (χ3n) is 7.50. The van der Waals surface area contributed by atoms with E-state index in [9.17, 15) is 29.2 Å². The maximum Gasteiger partial charge on any atom is 0.235 e. The van der Waals surface area contributed by atoms with Crippen LogP contribution in [0.5, 0.6) is 0 Å². The summed E-state index contributed by atoms with van der Waals surface area (Å²) in [5, 5.41) is 19.6. The highest BCUT2D eigenvalue weighted by atomic mass is 31.2. The van der Waals surface area contributed by atoms with E-state index in [0.29, 0.717) is 32.9 Å². The first-order valence-electron chi connectivity index (χ1n) is 13.6. The molecular formula is C32H39N2O6P. The monoisotopic (exact) mass is 578 g/mol. The Balaban J connectivity index is 2.19. The van der Waals surface area contributed by atoms with E-state index in [0.717, 1.165) is 5.56 Å². The molecule has 0 aliphatic rings. The number of carbonyl (C=O) groups is 3. The van der Waals surface area contributed by atoms with E-state index in [1.807, 2.05) is 13.0 Å². The van der Waals surface area contributed by atoms with Crippen molar-refractivity contribution in [2.75, 3.05) is 40.4 Å². The topological polar surface area (TPSA) is 115 Å². The molecule has 0 atom stereocenters. The molecular weight excluding hydrogens is 539 g/mol. The molecule has 3 aromatic carbocycles. The summed E-state index contributed by atoms with van der Waals surface area (Å²) in [6.45, 7) is 5.02. The van der Waals surface area contributed by atoms with Gasteiger partial charge in [-0.15, -0.1) is 0 Å². The van der Waals surface area contributed by atoms with Crippen LogP contribution in [0.25, 0.3) is 0 Å². The summed E-state index contributed by atoms with van der Waals surface area (Å²) in [7, 11) is -0.755. The van der Waals surface area contributed by atoms with Gasteiger partial charge in [-0.3, -0.25) is 14.4 Å². The van der Waals surface area contributed by atoms with Crippen LogP contribution in [0, 0.1) is 26.7 Å². The van der Waals surface area contributed by atoms with Gasteiger partial charge in [0, 0.05) is 43.4 Å². The second-order valence-corrected chi connectivity index (χ2v) is 13.0. The summed E-state index contributed by atoms with van der Waals surface area (Å²) in [4.78, 5) is 43.9. The molecule has 0 heterocycles. The summed E-state index contributed by atoms with van der Waals surface area (Å²) < 4.78 is 14.9. The van der Waals surface area contributed by atoms with Gasteiger partial charge in [0.25, 0.3) is 0 Å². The Labute approximate surface area is 242 Å². The number of amides is 2. The minimum atomic E-state index is -3.79. The molecule has 0 fully saturated rings. The fourth-order valence-electron chi connectivity index (χ4n) is 5.22. The molecule has 0 aliphatic carbocycles. The third-order valence-corrected chi connectivity index (χ3v) is 10.3. The molecule has 0 aromatic heterocycles. The average Bonchev–Trinajstić information content (AvgIpc) is 2.97. The number of aryl methyl sites for hydroxylation is 2. The molecule has 3 rings (SSSR count). The summed E-state index contributed by atoms with van der Waals surface area (Å²) in [5.74, 6) is -2.08. The Kier molecular flexibility index (Phi) is 10.8. The van der Waals surface area contributed by atoms with E-state index in [1.54, 1.807) is 74.5 Å². The number of aliphatic hydroxyl groups is 2. The largest absolute Gasteiger partial charge is 0.395 e. The van der Waals surface area contributed by atoms with Crippen LogP contribution in [0.15, 0.2) is 66.7 Å². The smallest absolute Gasteiger partial charge is 0.235 e. The Morgan fingerprint density at radius 2 is 1.20 bits per heavy atom. The fourth-order valence-corrected chi connectivity index (χ4v) is 7.83. The van der Waals surface area contributed by atoms with Crippen LogP contribution >= 0.6 is 7.14 Å². The fraction of sp³-hybridized carbons (Fsp3) is 0.344. The van der Waals surface area contributed by atoms with Gasteiger partial charge < -0.3 is 24.6 Å². The highest BCUT2D eigenvalue weighted by Crippen LogP contribution is 2.48. The van der Waals surface area contributed by atoms with Crippen molar-refractivity contribution in [3.05, 3.63) is 94.5 Å². The predicted octanol–water partition coefficient (Wildman–Crippen LogP) is 2.83. The molecule has 0 saturated carbocycles. The first-order chi connectivity index (χ1) is 19.5. The molecule has 2 N–H and O–H groups in total. The standard InChI is InChI=1S/C32H39N2O6P/c1-22-20-23(2)29(32(39)41(40,25-12-8-6-9-13-25)26-14-10-7-11-15-26)24(3)27(22)21-28(30(37)33(4)16-18-35)31(38)34(5)17-19-36/h6-15,20,28,35-36H,16-19,21H2,1-5H3. The van der Waals surface area contributed by atoms with Gasteiger partial charge in [-0.1, -0.05) is 66.7 Å². The highest BCUT2D eigenvalue weighted by Gasteiger charge is 2.39. The Hall–Kier alpha value is -3.58. The molecule has 0 saturated heterocycles. The molecule has 0 unspecified atom stereocenters. The van der Waals surface area contributed by atoms with E-state index in [4.69, 9.17) is 0 Å². The zero-order valence-electron chi connectivity index (χ0n) is 24.3. The SMILES string of the molecule is Cc1cc(C)c(C(=O)P(=O)(c2ccccc2)c2ccccc2)c(C)c1CC(C(=O)N(C)CCO)C(=O)N(C)CCO. The number of aliphatic hydroxyl groups excluding tert-OH is 2. The summed E-state index contributed by atoms with van der Waals surface area (Å²) in [6.07, 6.45) is 0.00239. The summed E-state index contributed by atoms with van der Waals surface area (Å²) >= 11 is 0. The van der Waals surface area contributed by atoms with E-state index in [1.165, 1.54) is 23.9 Å². The van der Waals surface area contributed by atoms with Gasteiger partial charge in [0.05, 0.1) is 13.2 Å². The maximum atomic E-state index is 14.9. The zero-order valence-corrected chi connectivity index (χ0v) is 25.2. The molecule has 0 radical (unpaired) electrons. The number of likely N-dealkylation sites (N-methyl/N-ethyl adjacent to an activating group) is 2. The highest BCUT2D eigenvalue weighted by molar-refractivity contribution is 7.93. The number of benzene rings is 3. The van der Waals surface area contributed by atoms with Gasteiger partial charge >= 0.3 is 0 Å². The molecule has 8 nitrogen and oxygen atoms in total. The van der Waals surface area contributed by atoms with Crippen LogP contribution in [-0.4, -0.2) is 77.8 Å². The number of hydrogen-bond acceptors (Lipinski definition) is 6. The van der Waals surface area contributed by atoms with Crippen molar-refractivity contribution in [2.24, 2.45) is 5.92 Å². The Morgan fingerprint density at radius 1 is 0.756 bits per heavy atom. The molecule has 0 aliphatic heterocycles. The molecule has 9 heteroatoms. The lowest BCUT2D eigenvalue weighted by molar-refractivity contribution is -0.146. The lowest BCUT2D eigenvalue weighted by Crippen LogP contribution is -2.45. The Morgan fingerprint density at radius 3 is 1.61 bits per heavy atom. The first-order valence-corrected chi connectivity index (χ1v) is 15.3. The number of carbonyl (C=O) groups excluding carboxylic acids is 3. The van der Waals surface area contributed by atoms with Crippen molar-refractivity contribution in [3.8, 4) is 0 Å². The molecule has 3 aromatic rings. The van der Waals surface area contributed by atoms with Crippen LogP contribution in [-0.2, 0) is 20.6 Å².